The first-order valence-electron chi connectivity index (χ1n) is 7.39. The SMILES string of the molecule is O=C(N/N=C\c1c(F)c(F)c(F)c(F)c1F)c1ccc(Cn2cc(Br)cn2)o1. The maximum Gasteiger partial charge on any atom is 0.307 e. The van der Waals surface area contributed by atoms with Crippen LogP contribution in [0.25, 0.3) is 0 Å². The topological polar surface area (TPSA) is 72.4 Å². The Bertz CT molecular complexity index is 1050. The van der Waals surface area contributed by atoms with Crippen LogP contribution >= 0.6 is 15.9 Å². The zero-order chi connectivity index (χ0) is 20.4. The van der Waals surface area contributed by atoms with Gasteiger partial charge in [-0.05, 0) is 28.1 Å². The van der Waals surface area contributed by atoms with Crippen molar-refractivity contribution in [3.05, 3.63) is 75.2 Å². The summed E-state index contributed by atoms with van der Waals surface area (Å²) in [6.07, 6.45) is 3.54. The molecule has 1 N–H and O–H groups in total. The first-order chi connectivity index (χ1) is 13.3. The highest BCUT2D eigenvalue weighted by atomic mass is 79.9. The van der Waals surface area contributed by atoms with Gasteiger partial charge < -0.3 is 4.42 Å². The van der Waals surface area contributed by atoms with Gasteiger partial charge in [0.25, 0.3) is 0 Å². The van der Waals surface area contributed by atoms with Gasteiger partial charge in [0.1, 0.15) is 5.76 Å². The van der Waals surface area contributed by atoms with E-state index in [0.29, 0.717) is 12.0 Å². The highest BCUT2D eigenvalue weighted by molar-refractivity contribution is 9.10. The van der Waals surface area contributed by atoms with E-state index in [1.165, 1.54) is 16.8 Å². The van der Waals surface area contributed by atoms with Crippen LogP contribution in [0.2, 0.25) is 0 Å². The molecule has 0 fully saturated rings. The number of hydrogen-bond donors (Lipinski definition) is 1. The average Bonchev–Trinajstić information content (AvgIpc) is 3.30. The fourth-order valence-corrected chi connectivity index (χ4v) is 2.44. The van der Waals surface area contributed by atoms with Gasteiger partial charge in [0.2, 0.25) is 5.82 Å². The van der Waals surface area contributed by atoms with E-state index in [9.17, 15) is 26.7 Å². The normalized spacial score (nSPS) is 11.4. The quantitative estimate of drug-likeness (QED) is 0.206. The predicted octanol–water partition coefficient (Wildman–Crippen LogP) is 3.75. The lowest BCUT2D eigenvalue weighted by Gasteiger charge is -2.03. The van der Waals surface area contributed by atoms with Crippen LogP contribution in [0.15, 0.2) is 38.5 Å². The number of nitrogens with one attached hydrogen (secondary N) is 1. The van der Waals surface area contributed by atoms with Crippen molar-refractivity contribution in [3.8, 4) is 0 Å². The Labute approximate surface area is 161 Å². The Kier molecular flexibility index (Phi) is 5.58. The molecule has 1 amide bonds. The van der Waals surface area contributed by atoms with Crippen LogP contribution in [-0.4, -0.2) is 21.9 Å². The highest BCUT2D eigenvalue weighted by Gasteiger charge is 2.24. The minimum absolute atomic E-state index is 0.184. The molecule has 12 heteroatoms. The predicted molar refractivity (Wildman–Crippen MR) is 89.0 cm³/mol. The third-order valence-electron chi connectivity index (χ3n) is 3.41. The number of rotatable bonds is 5. The summed E-state index contributed by atoms with van der Waals surface area (Å²) in [5.41, 5.74) is 0.581. The van der Waals surface area contributed by atoms with Gasteiger partial charge in [0.15, 0.2) is 29.0 Å². The van der Waals surface area contributed by atoms with E-state index < -0.39 is 40.6 Å². The Hall–Kier alpha value is -3.02. The molecule has 0 unspecified atom stereocenters. The number of amides is 1. The van der Waals surface area contributed by atoms with E-state index in [1.54, 1.807) is 12.4 Å². The summed E-state index contributed by atoms with van der Waals surface area (Å²) in [5.74, 6) is -11.4. The Morgan fingerprint density at radius 2 is 1.79 bits per heavy atom. The molecular formula is C16H8BrF5N4O2. The number of carbonyl (C=O) groups excluding carboxylic acids is 1. The van der Waals surface area contributed by atoms with Crippen LogP contribution in [0, 0.1) is 29.1 Å². The molecule has 2 heterocycles. The zero-order valence-electron chi connectivity index (χ0n) is 13.5. The minimum Gasteiger partial charge on any atom is -0.454 e. The molecule has 0 atom stereocenters. The van der Waals surface area contributed by atoms with Crippen molar-refractivity contribution in [1.82, 2.24) is 15.2 Å². The monoisotopic (exact) mass is 462 g/mol. The second kappa shape index (κ2) is 7.92. The van der Waals surface area contributed by atoms with Gasteiger partial charge in [-0.3, -0.25) is 9.48 Å². The van der Waals surface area contributed by atoms with Gasteiger partial charge in [0, 0.05) is 6.20 Å². The van der Waals surface area contributed by atoms with Gasteiger partial charge in [-0.2, -0.15) is 10.2 Å². The molecular weight excluding hydrogens is 455 g/mol. The maximum absolute atomic E-state index is 13.5. The molecule has 2 aromatic heterocycles. The number of hydrazone groups is 1. The number of halogens is 6. The molecule has 3 rings (SSSR count). The molecule has 28 heavy (non-hydrogen) atoms. The maximum atomic E-state index is 13.5. The fourth-order valence-electron chi connectivity index (χ4n) is 2.12. The first-order valence-corrected chi connectivity index (χ1v) is 8.18. The van der Waals surface area contributed by atoms with Crippen molar-refractivity contribution in [1.29, 1.82) is 0 Å². The average molecular weight is 463 g/mol. The second-order valence-electron chi connectivity index (χ2n) is 5.30. The van der Waals surface area contributed by atoms with Crippen LogP contribution in [0.1, 0.15) is 21.9 Å². The summed E-state index contributed by atoms with van der Waals surface area (Å²) in [7, 11) is 0. The van der Waals surface area contributed by atoms with Crippen molar-refractivity contribution in [3.63, 3.8) is 0 Å². The Morgan fingerprint density at radius 3 is 2.39 bits per heavy atom. The molecule has 0 saturated heterocycles. The number of hydrogen-bond acceptors (Lipinski definition) is 4. The minimum atomic E-state index is -2.29. The standard InChI is InChI=1S/C16H8BrF5N4O2/c17-7-3-24-26(5-7)6-8-1-2-10(28-8)16(27)25-23-4-9-11(18)13(20)15(22)14(21)12(9)19/h1-5H,6H2,(H,25,27)/b23-4-. The largest absolute Gasteiger partial charge is 0.454 e. The summed E-state index contributed by atoms with van der Waals surface area (Å²) in [4.78, 5) is 11.9. The van der Waals surface area contributed by atoms with E-state index in [-0.39, 0.29) is 12.3 Å². The molecule has 0 radical (unpaired) electrons. The molecule has 1 aromatic carbocycles. The molecule has 3 aromatic rings. The Morgan fingerprint density at radius 1 is 1.14 bits per heavy atom. The van der Waals surface area contributed by atoms with E-state index in [1.807, 2.05) is 5.43 Å². The number of nitrogens with zero attached hydrogens (tertiary/aromatic N) is 3. The highest BCUT2D eigenvalue weighted by Crippen LogP contribution is 2.21. The summed E-state index contributed by atoms with van der Waals surface area (Å²) >= 11 is 3.23. The lowest BCUT2D eigenvalue weighted by atomic mass is 10.2. The number of carbonyl (C=O) groups is 1. The van der Waals surface area contributed by atoms with Crippen LogP contribution in [0.3, 0.4) is 0 Å². The molecule has 0 spiro atoms. The number of benzene rings is 1. The third kappa shape index (κ3) is 3.96. The lowest BCUT2D eigenvalue weighted by molar-refractivity contribution is 0.0925. The molecule has 6 nitrogen and oxygen atoms in total. The van der Waals surface area contributed by atoms with Crippen molar-refractivity contribution >= 4 is 28.1 Å². The Balaban J connectivity index is 1.69. The summed E-state index contributed by atoms with van der Waals surface area (Å²) in [6, 6.07) is 2.81. The summed E-state index contributed by atoms with van der Waals surface area (Å²) in [5, 5.41) is 7.22. The summed E-state index contributed by atoms with van der Waals surface area (Å²) in [6.45, 7) is 0.229. The van der Waals surface area contributed by atoms with E-state index in [0.717, 1.165) is 4.47 Å². The van der Waals surface area contributed by atoms with Crippen molar-refractivity contribution in [2.45, 2.75) is 6.54 Å². The van der Waals surface area contributed by atoms with Crippen LogP contribution in [0.5, 0.6) is 0 Å². The molecule has 0 bridgehead atoms. The van der Waals surface area contributed by atoms with Crippen LogP contribution in [0.4, 0.5) is 22.0 Å². The fraction of sp³-hybridized carbons (Fsp3) is 0.0625. The number of furan rings is 1. The van der Waals surface area contributed by atoms with Crippen molar-refractivity contribution < 1.29 is 31.2 Å². The van der Waals surface area contributed by atoms with Gasteiger partial charge in [-0.1, -0.05) is 0 Å². The molecule has 0 aliphatic heterocycles. The molecule has 0 aliphatic rings. The van der Waals surface area contributed by atoms with E-state index in [4.69, 9.17) is 4.42 Å². The van der Waals surface area contributed by atoms with Gasteiger partial charge in [-0.25, -0.2) is 27.4 Å². The summed E-state index contributed by atoms with van der Waals surface area (Å²) < 4.78 is 73.7. The molecule has 0 saturated carbocycles. The molecule has 0 aliphatic carbocycles. The number of aromatic nitrogens is 2. The van der Waals surface area contributed by atoms with Crippen LogP contribution < -0.4 is 5.43 Å². The van der Waals surface area contributed by atoms with Crippen LogP contribution in [-0.2, 0) is 6.54 Å². The first kappa shape index (κ1) is 19.7. The third-order valence-corrected chi connectivity index (χ3v) is 3.82. The van der Waals surface area contributed by atoms with Gasteiger partial charge in [0.05, 0.1) is 29.0 Å². The zero-order valence-corrected chi connectivity index (χ0v) is 15.1. The van der Waals surface area contributed by atoms with Crippen molar-refractivity contribution in [2.75, 3.05) is 0 Å². The van der Waals surface area contributed by atoms with Crippen molar-refractivity contribution in [2.24, 2.45) is 5.10 Å². The lowest BCUT2D eigenvalue weighted by Crippen LogP contribution is -2.17. The molecule has 146 valence electrons. The smallest absolute Gasteiger partial charge is 0.307 e. The second-order valence-corrected chi connectivity index (χ2v) is 6.22. The van der Waals surface area contributed by atoms with Gasteiger partial charge in [-0.15, -0.1) is 0 Å². The van der Waals surface area contributed by atoms with E-state index >= 15 is 0 Å². The van der Waals surface area contributed by atoms with Gasteiger partial charge >= 0.3 is 5.91 Å². The van der Waals surface area contributed by atoms with E-state index in [2.05, 4.69) is 26.1 Å².